The topological polar surface area (TPSA) is 76.6 Å². The first-order valence-corrected chi connectivity index (χ1v) is 13.8. The summed E-state index contributed by atoms with van der Waals surface area (Å²) in [5, 5.41) is 4.25. The van der Waals surface area contributed by atoms with E-state index >= 15 is 0 Å². The van der Waals surface area contributed by atoms with E-state index in [1.54, 1.807) is 26.6 Å². The second-order valence-corrected chi connectivity index (χ2v) is 10.6. The lowest BCUT2D eigenvalue weighted by atomic mass is 9.97. The third-order valence-corrected chi connectivity index (χ3v) is 7.66. The van der Waals surface area contributed by atoms with Gasteiger partial charge in [0, 0.05) is 44.0 Å². The number of ether oxygens (including phenoxy) is 2. The molecule has 2 heterocycles. The van der Waals surface area contributed by atoms with E-state index in [9.17, 15) is 4.79 Å². The molecule has 1 aliphatic heterocycles. The Hall–Kier alpha value is -3.13. The molecule has 1 N–H and O–H groups in total. The van der Waals surface area contributed by atoms with E-state index < -0.39 is 0 Å². The molecule has 4 rings (SSSR count). The molecular weight excluding hydrogens is 535 g/mol. The number of rotatable bonds is 11. The average molecular weight is 570 g/mol. The van der Waals surface area contributed by atoms with Crippen LogP contribution in [0.5, 0.6) is 11.5 Å². The number of halogens is 2. The largest absolute Gasteiger partial charge is 0.493 e. The van der Waals surface area contributed by atoms with Gasteiger partial charge in [0.15, 0.2) is 17.3 Å². The molecule has 1 fully saturated rings. The molecule has 1 unspecified atom stereocenters. The van der Waals surface area contributed by atoms with E-state index in [-0.39, 0.29) is 5.91 Å². The van der Waals surface area contributed by atoms with Crippen molar-refractivity contribution >= 4 is 34.7 Å². The third kappa shape index (κ3) is 7.94. The molecule has 2 aromatic carbocycles. The highest BCUT2D eigenvalue weighted by Crippen LogP contribution is 2.32. The monoisotopic (exact) mass is 568 g/mol. The minimum Gasteiger partial charge on any atom is -0.493 e. The molecule has 1 saturated heterocycles. The first-order chi connectivity index (χ1) is 18.9. The van der Waals surface area contributed by atoms with E-state index in [4.69, 9.17) is 32.7 Å². The second-order valence-electron chi connectivity index (χ2n) is 9.76. The molecule has 0 radical (unpaired) electrons. The second kappa shape index (κ2) is 13.8. The number of piperidine rings is 1. The Bertz CT molecular complexity index is 1300. The molecule has 0 aliphatic carbocycles. The smallest absolute Gasteiger partial charge is 0.220 e. The zero-order valence-electron chi connectivity index (χ0n) is 22.4. The molecule has 3 aromatic rings. The van der Waals surface area contributed by atoms with Crippen LogP contribution in [0.25, 0.3) is 16.7 Å². The van der Waals surface area contributed by atoms with Crippen molar-refractivity contribution in [1.29, 1.82) is 0 Å². The fraction of sp³-hybridized carbons (Fsp3) is 0.367. The Morgan fingerprint density at radius 3 is 2.51 bits per heavy atom. The van der Waals surface area contributed by atoms with E-state index in [0.717, 1.165) is 54.7 Å². The Morgan fingerprint density at radius 2 is 1.79 bits per heavy atom. The number of aromatic nitrogens is 2. The summed E-state index contributed by atoms with van der Waals surface area (Å²) >= 11 is 12.2. The molecule has 1 atom stereocenters. The van der Waals surface area contributed by atoms with Crippen LogP contribution in [0.4, 0.5) is 0 Å². The molecule has 0 bridgehead atoms. The number of carbonyl (C=O) groups is 1. The number of methoxy groups -OCH3 is 2. The number of nitrogens with one attached hydrogen (secondary N) is 1. The highest BCUT2D eigenvalue weighted by molar-refractivity contribution is 6.42. The van der Waals surface area contributed by atoms with Crippen LogP contribution in [0.1, 0.15) is 37.1 Å². The van der Waals surface area contributed by atoms with Crippen LogP contribution in [0, 0.1) is 5.92 Å². The van der Waals surface area contributed by atoms with Crippen molar-refractivity contribution in [3.05, 3.63) is 76.8 Å². The molecular formula is C30H34Cl2N4O3. The maximum Gasteiger partial charge on any atom is 0.220 e. The van der Waals surface area contributed by atoms with Crippen LogP contribution in [-0.4, -0.2) is 54.6 Å². The maximum absolute atomic E-state index is 12.6. The van der Waals surface area contributed by atoms with Gasteiger partial charge in [-0.05, 0) is 72.7 Å². The summed E-state index contributed by atoms with van der Waals surface area (Å²) in [6, 6.07) is 11.4. The predicted octanol–water partition coefficient (Wildman–Crippen LogP) is 6.29. The fourth-order valence-electron chi connectivity index (χ4n) is 4.76. The maximum atomic E-state index is 12.6. The summed E-state index contributed by atoms with van der Waals surface area (Å²) in [5.41, 5.74) is 3.65. The van der Waals surface area contributed by atoms with E-state index in [1.807, 2.05) is 36.4 Å². The van der Waals surface area contributed by atoms with Crippen molar-refractivity contribution in [3.8, 4) is 22.6 Å². The first-order valence-electron chi connectivity index (χ1n) is 13.0. The van der Waals surface area contributed by atoms with Crippen molar-refractivity contribution in [1.82, 2.24) is 20.2 Å². The van der Waals surface area contributed by atoms with Crippen molar-refractivity contribution in [2.24, 2.45) is 5.92 Å². The predicted molar refractivity (Wildman–Crippen MR) is 156 cm³/mol. The summed E-state index contributed by atoms with van der Waals surface area (Å²) in [5.74, 6) is 2.27. The summed E-state index contributed by atoms with van der Waals surface area (Å²) in [6.45, 7) is 7.56. The van der Waals surface area contributed by atoms with Gasteiger partial charge in [-0.1, -0.05) is 41.9 Å². The standard InChI is InChI=1S/C30H34Cl2N4O3/c1-20(30-34-16-24(17-35-30)23-8-10-27(38-2)28(14-23)39-3)6-11-29(37)33-15-22-5-4-12-36(19-22)18-21-7-9-25(31)26(32)13-21/h7-10,13-14,16-17,22H,1,4-6,11-12,15,18-19H2,2-3H3,(H,33,37). The number of allylic oxidation sites excluding steroid dienone is 1. The van der Waals surface area contributed by atoms with Gasteiger partial charge in [-0.3, -0.25) is 9.69 Å². The Kier molecular flexibility index (Phi) is 10.2. The number of carbonyl (C=O) groups excluding carboxylic acids is 1. The molecule has 206 valence electrons. The normalized spacial score (nSPS) is 15.5. The van der Waals surface area contributed by atoms with E-state index in [1.165, 1.54) is 0 Å². The minimum atomic E-state index is 0.0136. The lowest BCUT2D eigenvalue weighted by Crippen LogP contribution is -2.40. The molecule has 1 amide bonds. The zero-order chi connectivity index (χ0) is 27.8. The highest BCUT2D eigenvalue weighted by atomic mass is 35.5. The lowest BCUT2D eigenvalue weighted by Gasteiger charge is -2.33. The summed E-state index contributed by atoms with van der Waals surface area (Å²) in [7, 11) is 3.21. The summed E-state index contributed by atoms with van der Waals surface area (Å²) in [4.78, 5) is 23.9. The third-order valence-electron chi connectivity index (χ3n) is 6.92. The summed E-state index contributed by atoms with van der Waals surface area (Å²) in [6.07, 6.45) is 6.55. The van der Waals surface area contributed by atoms with Gasteiger partial charge in [-0.15, -0.1) is 0 Å². The van der Waals surface area contributed by atoms with Crippen molar-refractivity contribution < 1.29 is 14.3 Å². The van der Waals surface area contributed by atoms with Crippen molar-refractivity contribution in [2.45, 2.75) is 32.2 Å². The van der Waals surface area contributed by atoms with Crippen LogP contribution in [0.15, 0.2) is 55.4 Å². The fourth-order valence-corrected chi connectivity index (χ4v) is 5.08. The Labute approximate surface area is 240 Å². The number of hydrogen-bond acceptors (Lipinski definition) is 6. The van der Waals surface area contributed by atoms with Gasteiger partial charge in [0.25, 0.3) is 0 Å². The minimum absolute atomic E-state index is 0.0136. The number of benzene rings is 2. The van der Waals surface area contributed by atoms with Crippen LogP contribution >= 0.6 is 23.2 Å². The lowest BCUT2D eigenvalue weighted by molar-refractivity contribution is -0.121. The van der Waals surface area contributed by atoms with Gasteiger partial charge in [0.2, 0.25) is 5.91 Å². The first kappa shape index (κ1) is 28.9. The van der Waals surface area contributed by atoms with Crippen molar-refractivity contribution in [2.75, 3.05) is 33.9 Å². The van der Waals surface area contributed by atoms with Gasteiger partial charge in [0.1, 0.15) is 0 Å². The van der Waals surface area contributed by atoms with E-state index in [0.29, 0.717) is 52.7 Å². The Morgan fingerprint density at radius 1 is 1.03 bits per heavy atom. The van der Waals surface area contributed by atoms with Crippen LogP contribution < -0.4 is 14.8 Å². The van der Waals surface area contributed by atoms with Gasteiger partial charge in [-0.2, -0.15) is 0 Å². The molecule has 9 heteroatoms. The van der Waals surface area contributed by atoms with Gasteiger partial charge in [-0.25, -0.2) is 9.97 Å². The molecule has 0 saturated carbocycles. The Balaban J connectivity index is 1.22. The summed E-state index contributed by atoms with van der Waals surface area (Å²) < 4.78 is 10.7. The number of likely N-dealkylation sites (tertiary alicyclic amines) is 1. The molecule has 1 aromatic heterocycles. The quantitative estimate of drug-likeness (QED) is 0.293. The van der Waals surface area contributed by atoms with Gasteiger partial charge >= 0.3 is 0 Å². The average Bonchev–Trinajstić information content (AvgIpc) is 2.96. The van der Waals surface area contributed by atoms with Crippen LogP contribution in [-0.2, 0) is 11.3 Å². The number of nitrogens with zero attached hydrogens (tertiary/aromatic N) is 3. The van der Waals surface area contributed by atoms with Crippen LogP contribution in [0.3, 0.4) is 0 Å². The number of hydrogen-bond donors (Lipinski definition) is 1. The zero-order valence-corrected chi connectivity index (χ0v) is 23.9. The van der Waals surface area contributed by atoms with Gasteiger partial charge < -0.3 is 14.8 Å². The molecule has 0 spiro atoms. The SMILES string of the molecule is C=C(CCC(=O)NCC1CCCN(Cc2ccc(Cl)c(Cl)c2)C1)c1ncc(-c2ccc(OC)c(OC)c2)cn1. The highest BCUT2D eigenvalue weighted by Gasteiger charge is 2.21. The van der Waals surface area contributed by atoms with Crippen molar-refractivity contribution in [3.63, 3.8) is 0 Å². The van der Waals surface area contributed by atoms with E-state index in [2.05, 4.69) is 26.8 Å². The molecule has 39 heavy (non-hydrogen) atoms. The molecule has 7 nitrogen and oxygen atoms in total. The van der Waals surface area contributed by atoms with Gasteiger partial charge in [0.05, 0.1) is 24.3 Å². The van der Waals surface area contributed by atoms with Crippen LogP contribution in [0.2, 0.25) is 10.0 Å². The number of amides is 1. The molecule has 1 aliphatic rings.